The highest BCUT2D eigenvalue weighted by Crippen LogP contribution is 2.30. The molecule has 2 saturated carbocycles. The van der Waals surface area contributed by atoms with Gasteiger partial charge in [0.05, 0.1) is 6.10 Å². The molecule has 2 nitrogen and oxygen atoms in total. The molecule has 0 spiro atoms. The second-order valence-corrected chi connectivity index (χ2v) is 6.45. The molecule has 2 heteroatoms. The van der Waals surface area contributed by atoms with Crippen LogP contribution in [0.1, 0.15) is 58.8 Å². The number of methoxy groups -OCH3 is 1. The van der Waals surface area contributed by atoms with Gasteiger partial charge in [0, 0.05) is 19.2 Å². The van der Waals surface area contributed by atoms with E-state index < -0.39 is 0 Å². The minimum absolute atomic E-state index is 0.455. The lowest BCUT2D eigenvalue weighted by Gasteiger charge is -2.38. The van der Waals surface area contributed by atoms with Crippen LogP contribution < -0.4 is 5.32 Å². The molecular formula is C15H29NO. The van der Waals surface area contributed by atoms with Gasteiger partial charge in [-0.05, 0) is 43.9 Å². The highest BCUT2D eigenvalue weighted by atomic mass is 16.5. The molecule has 0 bridgehead atoms. The molecule has 17 heavy (non-hydrogen) atoms. The van der Waals surface area contributed by atoms with E-state index in [-0.39, 0.29) is 0 Å². The highest BCUT2D eigenvalue weighted by Gasteiger charge is 2.30. The van der Waals surface area contributed by atoms with Crippen molar-refractivity contribution in [1.29, 1.82) is 0 Å². The first-order chi connectivity index (χ1) is 8.19. The first-order valence-electron chi connectivity index (χ1n) is 7.48. The molecule has 0 aromatic rings. The van der Waals surface area contributed by atoms with E-state index in [4.69, 9.17) is 4.74 Å². The van der Waals surface area contributed by atoms with Crippen molar-refractivity contribution in [2.75, 3.05) is 7.11 Å². The van der Waals surface area contributed by atoms with Gasteiger partial charge in [0.15, 0.2) is 0 Å². The number of nitrogens with one attached hydrogen (secondary N) is 1. The normalized spacial score (nSPS) is 43.6. The Bertz CT molecular complexity index is 221. The van der Waals surface area contributed by atoms with Crippen molar-refractivity contribution < 1.29 is 4.74 Å². The monoisotopic (exact) mass is 239 g/mol. The molecule has 100 valence electrons. The van der Waals surface area contributed by atoms with E-state index in [0.717, 1.165) is 17.9 Å². The molecule has 2 fully saturated rings. The molecule has 4 unspecified atom stereocenters. The molecule has 0 amide bonds. The summed E-state index contributed by atoms with van der Waals surface area (Å²) in [7, 11) is 1.87. The standard InChI is InChI=1S/C15H29NO/c1-11-8-12(2)10-13(9-11)16-14-6-4-5-7-15(14)17-3/h11-16H,4-10H2,1-3H3. The van der Waals surface area contributed by atoms with Crippen LogP contribution >= 0.6 is 0 Å². The van der Waals surface area contributed by atoms with Crippen LogP contribution in [-0.2, 0) is 4.74 Å². The van der Waals surface area contributed by atoms with Crippen LogP contribution in [0.5, 0.6) is 0 Å². The third kappa shape index (κ3) is 3.69. The van der Waals surface area contributed by atoms with Gasteiger partial charge in [0.1, 0.15) is 0 Å². The van der Waals surface area contributed by atoms with Gasteiger partial charge in [0.25, 0.3) is 0 Å². The summed E-state index contributed by atoms with van der Waals surface area (Å²) in [5.41, 5.74) is 0. The molecule has 1 N–H and O–H groups in total. The molecule has 2 aliphatic carbocycles. The molecule has 0 radical (unpaired) electrons. The van der Waals surface area contributed by atoms with Crippen LogP contribution in [0.15, 0.2) is 0 Å². The number of rotatable bonds is 3. The molecule has 2 rings (SSSR count). The number of ether oxygens (including phenoxy) is 1. The molecule has 0 heterocycles. The summed E-state index contributed by atoms with van der Waals surface area (Å²) in [6, 6.07) is 1.34. The maximum absolute atomic E-state index is 5.64. The first-order valence-corrected chi connectivity index (χ1v) is 7.48. The zero-order valence-electron chi connectivity index (χ0n) is 11.7. The van der Waals surface area contributed by atoms with Crippen LogP contribution in [0.25, 0.3) is 0 Å². The van der Waals surface area contributed by atoms with Gasteiger partial charge in [-0.2, -0.15) is 0 Å². The summed E-state index contributed by atoms with van der Waals surface area (Å²) < 4.78 is 5.64. The average molecular weight is 239 g/mol. The maximum atomic E-state index is 5.64. The van der Waals surface area contributed by atoms with Crippen LogP contribution in [0, 0.1) is 11.8 Å². The Labute approximate surface area is 107 Å². The van der Waals surface area contributed by atoms with Crippen LogP contribution in [0.2, 0.25) is 0 Å². The van der Waals surface area contributed by atoms with Gasteiger partial charge in [-0.1, -0.05) is 26.7 Å². The van der Waals surface area contributed by atoms with Crippen molar-refractivity contribution in [3.05, 3.63) is 0 Å². The van der Waals surface area contributed by atoms with E-state index >= 15 is 0 Å². The predicted molar refractivity (Wildman–Crippen MR) is 72.2 cm³/mol. The van der Waals surface area contributed by atoms with Crippen LogP contribution in [0.4, 0.5) is 0 Å². The third-order valence-electron chi connectivity index (χ3n) is 4.63. The molecule has 0 aliphatic heterocycles. The number of hydrogen-bond acceptors (Lipinski definition) is 2. The van der Waals surface area contributed by atoms with Crippen LogP contribution in [-0.4, -0.2) is 25.3 Å². The summed E-state index contributed by atoms with van der Waals surface area (Å²) in [5, 5.41) is 3.89. The topological polar surface area (TPSA) is 21.3 Å². The lowest BCUT2D eigenvalue weighted by atomic mass is 9.79. The van der Waals surface area contributed by atoms with E-state index in [9.17, 15) is 0 Å². The van der Waals surface area contributed by atoms with Crippen molar-refractivity contribution in [2.24, 2.45) is 11.8 Å². The Kier molecular flexibility index (Phi) is 4.87. The van der Waals surface area contributed by atoms with Gasteiger partial charge >= 0.3 is 0 Å². The quantitative estimate of drug-likeness (QED) is 0.815. The van der Waals surface area contributed by atoms with Gasteiger partial charge in [0.2, 0.25) is 0 Å². The van der Waals surface area contributed by atoms with Gasteiger partial charge < -0.3 is 10.1 Å². The first kappa shape index (κ1) is 13.4. The van der Waals surface area contributed by atoms with Crippen molar-refractivity contribution >= 4 is 0 Å². The Balaban J connectivity index is 1.85. The highest BCUT2D eigenvalue weighted by molar-refractivity contribution is 4.87. The summed E-state index contributed by atoms with van der Waals surface area (Å²) in [6.07, 6.45) is 9.84. The van der Waals surface area contributed by atoms with Gasteiger partial charge in [-0.25, -0.2) is 0 Å². The van der Waals surface area contributed by atoms with E-state index in [1.54, 1.807) is 0 Å². The lowest BCUT2D eigenvalue weighted by molar-refractivity contribution is 0.0330. The largest absolute Gasteiger partial charge is 0.380 e. The van der Waals surface area contributed by atoms with E-state index in [2.05, 4.69) is 19.2 Å². The van der Waals surface area contributed by atoms with E-state index in [0.29, 0.717) is 12.1 Å². The average Bonchev–Trinajstić information content (AvgIpc) is 2.28. The second kappa shape index (κ2) is 6.19. The second-order valence-electron chi connectivity index (χ2n) is 6.45. The van der Waals surface area contributed by atoms with Crippen molar-refractivity contribution in [1.82, 2.24) is 5.32 Å². The minimum Gasteiger partial charge on any atom is -0.380 e. The molecule has 0 aromatic heterocycles. The molecule has 0 saturated heterocycles. The maximum Gasteiger partial charge on any atom is 0.0724 e. The Hall–Kier alpha value is -0.0800. The summed E-state index contributed by atoms with van der Waals surface area (Å²) in [6.45, 7) is 4.80. The van der Waals surface area contributed by atoms with Crippen LogP contribution in [0.3, 0.4) is 0 Å². The zero-order valence-corrected chi connectivity index (χ0v) is 11.7. The summed E-state index contributed by atoms with van der Waals surface area (Å²) in [4.78, 5) is 0. The third-order valence-corrected chi connectivity index (χ3v) is 4.63. The Morgan fingerprint density at radius 1 is 0.941 bits per heavy atom. The zero-order chi connectivity index (χ0) is 12.3. The molecule has 4 atom stereocenters. The van der Waals surface area contributed by atoms with Crippen molar-refractivity contribution in [3.8, 4) is 0 Å². The van der Waals surface area contributed by atoms with E-state index in [1.165, 1.54) is 44.9 Å². The van der Waals surface area contributed by atoms with Crippen molar-refractivity contribution in [3.63, 3.8) is 0 Å². The lowest BCUT2D eigenvalue weighted by Crippen LogP contribution is -2.49. The van der Waals surface area contributed by atoms with Gasteiger partial charge in [-0.15, -0.1) is 0 Å². The van der Waals surface area contributed by atoms with E-state index in [1.807, 2.05) is 7.11 Å². The number of hydrogen-bond donors (Lipinski definition) is 1. The minimum atomic E-state index is 0.455. The summed E-state index contributed by atoms with van der Waals surface area (Å²) >= 11 is 0. The molecule has 2 aliphatic rings. The summed E-state index contributed by atoms with van der Waals surface area (Å²) in [5.74, 6) is 1.78. The predicted octanol–water partition coefficient (Wildman–Crippen LogP) is 3.36. The smallest absolute Gasteiger partial charge is 0.0724 e. The van der Waals surface area contributed by atoms with Gasteiger partial charge in [-0.3, -0.25) is 0 Å². The Morgan fingerprint density at radius 3 is 2.24 bits per heavy atom. The SMILES string of the molecule is COC1CCCCC1NC1CC(C)CC(C)C1. The molecular weight excluding hydrogens is 210 g/mol. The fraction of sp³-hybridized carbons (Fsp3) is 1.00. The Morgan fingerprint density at radius 2 is 1.59 bits per heavy atom. The molecule has 0 aromatic carbocycles. The fourth-order valence-electron chi connectivity index (χ4n) is 3.96. The fourth-order valence-corrected chi connectivity index (χ4v) is 3.96. The van der Waals surface area contributed by atoms with Crippen molar-refractivity contribution in [2.45, 2.75) is 77.0 Å².